The molecule has 0 bridgehead atoms. The van der Waals surface area contributed by atoms with Gasteiger partial charge in [-0.2, -0.15) is 0 Å². The van der Waals surface area contributed by atoms with Gasteiger partial charge in [-0.05, 0) is 30.7 Å². The molecule has 0 spiro atoms. The molecule has 1 fully saturated rings. The van der Waals surface area contributed by atoms with Crippen molar-refractivity contribution in [1.29, 1.82) is 0 Å². The smallest absolute Gasteiger partial charge is 0.323 e. The Morgan fingerprint density at radius 2 is 2.23 bits per heavy atom. The number of carbonyl (C=O) groups is 3. The van der Waals surface area contributed by atoms with E-state index in [9.17, 15) is 14.4 Å². The first-order valence-corrected chi connectivity index (χ1v) is 8.41. The van der Waals surface area contributed by atoms with E-state index in [2.05, 4.69) is 0 Å². The number of Topliss-reactive ketones (excluding diaryl/α,β-unsaturated/α-hetero) is 1. The summed E-state index contributed by atoms with van der Waals surface area (Å²) in [6, 6.07) is 3.92. The average Bonchev–Trinajstić information content (AvgIpc) is 2.98. The lowest BCUT2D eigenvalue weighted by atomic mass is 9.81. The number of aliphatic carboxylic acids is 1. The van der Waals surface area contributed by atoms with E-state index in [1.807, 2.05) is 24.4 Å². The lowest BCUT2D eigenvalue weighted by Crippen LogP contribution is -2.43. The van der Waals surface area contributed by atoms with Crippen molar-refractivity contribution in [2.75, 3.05) is 13.1 Å². The molecule has 0 aliphatic heterocycles. The monoisotopic (exact) mass is 323 g/mol. The maximum absolute atomic E-state index is 12.6. The Morgan fingerprint density at radius 3 is 2.82 bits per heavy atom. The second-order valence-electron chi connectivity index (χ2n) is 5.82. The van der Waals surface area contributed by atoms with Crippen LogP contribution in [0.5, 0.6) is 0 Å². The van der Waals surface area contributed by atoms with Gasteiger partial charge in [0.25, 0.3) is 0 Å². The molecule has 22 heavy (non-hydrogen) atoms. The van der Waals surface area contributed by atoms with E-state index in [1.165, 1.54) is 4.90 Å². The van der Waals surface area contributed by atoms with Crippen molar-refractivity contribution in [2.24, 2.45) is 11.8 Å². The zero-order chi connectivity index (χ0) is 16.1. The Bertz CT molecular complexity index is 540. The molecule has 2 unspecified atom stereocenters. The zero-order valence-corrected chi connectivity index (χ0v) is 13.5. The molecular formula is C16H21NO4S. The fourth-order valence-corrected chi connectivity index (χ4v) is 3.55. The highest BCUT2D eigenvalue weighted by Gasteiger charge is 2.32. The molecule has 1 heterocycles. The van der Waals surface area contributed by atoms with Crippen molar-refractivity contribution in [3.63, 3.8) is 0 Å². The van der Waals surface area contributed by atoms with Gasteiger partial charge in [-0.15, -0.1) is 11.3 Å². The van der Waals surface area contributed by atoms with Gasteiger partial charge in [0.15, 0.2) is 0 Å². The van der Waals surface area contributed by atoms with Crippen molar-refractivity contribution in [1.82, 2.24) is 4.90 Å². The van der Waals surface area contributed by atoms with Gasteiger partial charge in [0.2, 0.25) is 5.91 Å². The molecule has 1 aliphatic rings. The van der Waals surface area contributed by atoms with Crippen LogP contribution in [0.3, 0.4) is 0 Å². The maximum Gasteiger partial charge on any atom is 0.323 e. The van der Waals surface area contributed by atoms with Gasteiger partial charge < -0.3 is 10.0 Å². The summed E-state index contributed by atoms with van der Waals surface area (Å²) in [6.07, 6.45) is 2.16. The molecule has 1 N–H and O–H groups in total. The summed E-state index contributed by atoms with van der Waals surface area (Å²) in [4.78, 5) is 37.8. The fraction of sp³-hybridized carbons (Fsp3) is 0.562. The number of carbonyl (C=O) groups excluding carboxylic acids is 2. The zero-order valence-electron chi connectivity index (χ0n) is 12.7. The van der Waals surface area contributed by atoms with Crippen LogP contribution in [0.15, 0.2) is 17.5 Å². The molecule has 0 radical (unpaired) electrons. The predicted molar refractivity (Wildman–Crippen MR) is 83.8 cm³/mol. The molecule has 2 atom stereocenters. The van der Waals surface area contributed by atoms with Gasteiger partial charge in [-0.25, -0.2) is 0 Å². The van der Waals surface area contributed by atoms with E-state index in [0.29, 0.717) is 32.2 Å². The maximum atomic E-state index is 12.6. The second kappa shape index (κ2) is 7.54. The first-order chi connectivity index (χ1) is 10.5. The predicted octanol–water partition coefficient (Wildman–Crippen LogP) is 2.21. The number of ketones is 1. The van der Waals surface area contributed by atoms with Crippen LogP contribution >= 0.6 is 11.3 Å². The highest BCUT2D eigenvalue weighted by atomic mass is 32.1. The Kier molecular flexibility index (Phi) is 5.71. The van der Waals surface area contributed by atoms with Crippen LogP contribution in [0.25, 0.3) is 0 Å². The number of carboxylic acid groups (broad SMARTS) is 1. The Balaban J connectivity index is 1.99. The normalized spacial score (nSPS) is 21.6. The van der Waals surface area contributed by atoms with E-state index >= 15 is 0 Å². The molecule has 5 nitrogen and oxygen atoms in total. The van der Waals surface area contributed by atoms with E-state index < -0.39 is 5.97 Å². The molecular weight excluding hydrogens is 302 g/mol. The van der Waals surface area contributed by atoms with Crippen LogP contribution in [0.4, 0.5) is 0 Å². The van der Waals surface area contributed by atoms with E-state index in [1.54, 1.807) is 11.3 Å². The SMILES string of the molecule is CC1CC(C(=O)N(CCc2cccs2)CC(=O)O)CCC1=O. The lowest BCUT2D eigenvalue weighted by Gasteiger charge is -2.30. The van der Waals surface area contributed by atoms with Crippen LogP contribution in [-0.2, 0) is 20.8 Å². The largest absolute Gasteiger partial charge is 0.480 e. The van der Waals surface area contributed by atoms with E-state index in [-0.39, 0.29) is 30.1 Å². The van der Waals surface area contributed by atoms with Crippen molar-refractivity contribution < 1.29 is 19.5 Å². The molecule has 1 aromatic heterocycles. The van der Waals surface area contributed by atoms with Crippen molar-refractivity contribution in [3.05, 3.63) is 22.4 Å². The van der Waals surface area contributed by atoms with Gasteiger partial charge in [-0.1, -0.05) is 13.0 Å². The number of hydrogen-bond acceptors (Lipinski definition) is 4. The number of thiophene rings is 1. The molecule has 6 heteroatoms. The van der Waals surface area contributed by atoms with E-state index in [4.69, 9.17) is 5.11 Å². The number of nitrogens with zero attached hydrogens (tertiary/aromatic N) is 1. The second-order valence-corrected chi connectivity index (χ2v) is 6.85. The molecule has 1 aromatic rings. The fourth-order valence-electron chi connectivity index (χ4n) is 2.85. The van der Waals surface area contributed by atoms with Crippen LogP contribution in [-0.4, -0.2) is 40.8 Å². The number of carboxylic acids is 1. The topological polar surface area (TPSA) is 74.7 Å². The first-order valence-electron chi connectivity index (χ1n) is 7.53. The van der Waals surface area contributed by atoms with Gasteiger partial charge in [0.05, 0.1) is 0 Å². The molecule has 1 amide bonds. The summed E-state index contributed by atoms with van der Waals surface area (Å²) in [5.74, 6) is -1.26. The molecule has 0 aromatic carbocycles. The highest BCUT2D eigenvalue weighted by Crippen LogP contribution is 2.27. The Hall–Kier alpha value is -1.69. The van der Waals surface area contributed by atoms with Crippen molar-refractivity contribution in [3.8, 4) is 0 Å². The third-order valence-corrected chi connectivity index (χ3v) is 5.06. The van der Waals surface area contributed by atoms with Crippen LogP contribution in [0, 0.1) is 11.8 Å². The van der Waals surface area contributed by atoms with Gasteiger partial charge in [0.1, 0.15) is 12.3 Å². The molecule has 2 rings (SSSR count). The summed E-state index contributed by atoms with van der Waals surface area (Å²) >= 11 is 1.60. The standard InChI is InChI=1S/C16H21NO4S/c1-11-9-12(4-5-14(11)18)16(21)17(10-15(19)20)7-6-13-3-2-8-22-13/h2-3,8,11-12H,4-7,9-10H2,1H3,(H,19,20). The van der Waals surface area contributed by atoms with Gasteiger partial charge >= 0.3 is 5.97 Å². The van der Waals surface area contributed by atoms with Crippen LogP contribution in [0.2, 0.25) is 0 Å². The van der Waals surface area contributed by atoms with Crippen molar-refractivity contribution in [2.45, 2.75) is 32.6 Å². The summed E-state index contributed by atoms with van der Waals surface area (Å²) in [7, 11) is 0. The minimum absolute atomic E-state index is 0.105. The summed E-state index contributed by atoms with van der Waals surface area (Å²) in [6.45, 7) is 1.97. The number of amides is 1. The van der Waals surface area contributed by atoms with Gasteiger partial charge in [-0.3, -0.25) is 14.4 Å². The number of rotatable bonds is 6. The lowest BCUT2D eigenvalue weighted by molar-refractivity contribution is -0.147. The third-order valence-electron chi connectivity index (χ3n) is 4.12. The van der Waals surface area contributed by atoms with Crippen molar-refractivity contribution >= 4 is 29.0 Å². The summed E-state index contributed by atoms with van der Waals surface area (Å²) < 4.78 is 0. The molecule has 1 saturated carbocycles. The summed E-state index contributed by atoms with van der Waals surface area (Å²) in [5, 5.41) is 11.0. The van der Waals surface area contributed by atoms with Crippen LogP contribution < -0.4 is 0 Å². The molecule has 1 aliphatic carbocycles. The van der Waals surface area contributed by atoms with Gasteiger partial charge in [0, 0.05) is 29.7 Å². The minimum atomic E-state index is -1.00. The van der Waals surface area contributed by atoms with Crippen LogP contribution in [0.1, 0.15) is 31.1 Å². The molecule has 0 saturated heterocycles. The molecule has 120 valence electrons. The minimum Gasteiger partial charge on any atom is -0.480 e. The first kappa shape index (κ1) is 16.7. The third kappa shape index (κ3) is 4.40. The Labute approximate surface area is 133 Å². The Morgan fingerprint density at radius 1 is 1.45 bits per heavy atom. The average molecular weight is 323 g/mol. The number of hydrogen-bond donors (Lipinski definition) is 1. The highest BCUT2D eigenvalue weighted by molar-refractivity contribution is 7.09. The summed E-state index contributed by atoms with van der Waals surface area (Å²) in [5.41, 5.74) is 0. The quantitative estimate of drug-likeness (QED) is 0.871. The van der Waals surface area contributed by atoms with E-state index in [0.717, 1.165) is 4.88 Å².